The van der Waals surface area contributed by atoms with Crippen molar-refractivity contribution in [2.45, 2.75) is 46.1 Å². The van der Waals surface area contributed by atoms with Gasteiger partial charge < -0.3 is 4.90 Å². The van der Waals surface area contributed by atoms with Crippen LogP contribution in [0, 0.1) is 11.8 Å². The fourth-order valence-electron chi connectivity index (χ4n) is 4.11. The highest BCUT2D eigenvalue weighted by molar-refractivity contribution is 7.87. The van der Waals surface area contributed by atoms with Crippen molar-refractivity contribution in [1.29, 1.82) is 0 Å². The molecular formula is C20H31N3O3S. The van der Waals surface area contributed by atoms with Gasteiger partial charge >= 0.3 is 0 Å². The molecule has 1 aromatic carbocycles. The van der Waals surface area contributed by atoms with E-state index in [-0.39, 0.29) is 12.5 Å². The van der Waals surface area contributed by atoms with Crippen LogP contribution in [0.25, 0.3) is 0 Å². The van der Waals surface area contributed by atoms with Gasteiger partial charge in [-0.25, -0.2) is 0 Å². The SMILES string of the molecule is C[C@H]1C[C@H](C)CN(S(=O)(=O)NCc2ccc(C(=O)N3CCCCC3)cc2)C1. The molecule has 27 heavy (non-hydrogen) atoms. The lowest BCUT2D eigenvalue weighted by atomic mass is 9.94. The highest BCUT2D eigenvalue weighted by Gasteiger charge is 2.30. The van der Waals surface area contributed by atoms with Crippen molar-refractivity contribution in [3.63, 3.8) is 0 Å². The van der Waals surface area contributed by atoms with E-state index < -0.39 is 10.2 Å². The molecule has 6 nitrogen and oxygen atoms in total. The molecule has 2 heterocycles. The van der Waals surface area contributed by atoms with E-state index in [1.165, 1.54) is 6.42 Å². The Balaban J connectivity index is 1.57. The van der Waals surface area contributed by atoms with Crippen molar-refractivity contribution in [3.05, 3.63) is 35.4 Å². The van der Waals surface area contributed by atoms with Gasteiger partial charge in [-0.05, 0) is 55.2 Å². The molecule has 0 aromatic heterocycles. The summed E-state index contributed by atoms with van der Waals surface area (Å²) in [7, 11) is -3.48. The molecule has 2 saturated heterocycles. The number of likely N-dealkylation sites (tertiary alicyclic amines) is 1. The molecule has 2 aliphatic rings. The third-order valence-corrected chi connectivity index (χ3v) is 6.97. The third-order valence-electron chi connectivity index (χ3n) is 5.48. The monoisotopic (exact) mass is 393 g/mol. The molecule has 1 N–H and O–H groups in total. The molecule has 0 spiro atoms. The van der Waals surface area contributed by atoms with E-state index in [4.69, 9.17) is 0 Å². The summed E-state index contributed by atoms with van der Waals surface area (Å²) in [6.07, 6.45) is 4.40. The predicted octanol–water partition coefficient (Wildman–Crippen LogP) is 2.62. The van der Waals surface area contributed by atoms with Crippen LogP contribution in [0.15, 0.2) is 24.3 Å². The smallest absolute Gasteiger partial charge is 0.279 e. The van der Waals surface area contributed by atoms with Crippen LogP contribution >= 0.6 is 0 Å². The number of amides is 1. The summed E-state index contributed by atoms with van der Waals surface area (Å²) in [4.78, 5) is 14.4. The van der Waals surface area contributed by atoms with Gasteiger partial charge in [-0.3, -0.25) is 4.79 Å². The topological polar surface area (TPSA) is 69.7 Å². The fraction of sp³-hybridized carbons (Fsp3) is 0.650. The maximum absolute atomic E-state index is 12.6. The first-order chi connectivity index (χ1) is 12.8. The van der Waals surface area contributed by atoms with Crippen LogP contribution in [0.1, 0.15) is 55.5 Å². The van der Waals surface area contributed by atoms with Gasteiger partial charge in [-0.2, -0.15) is 17.4 Å². The van der Waals surface area contributed by atoms with E-state index in [2.05, 4.69) is 18.6 Å². The van der Waals surface area contributed by atoms with Crippen LogP contribution in [-0.2, 0) is 16.8 Å². The molecule has 0 saturated carbocycles. The van der Waals surface area contributed by atoms with Gasteiger partial charge in [0, 0.05) is 38.3 Å². The second-order valence-electron chi connectivity index (χ2n) is 8.14. The average Bonchev–Trinajstić information content (AvgIpc) is 2.66. The Morgan fingerprint density at radius 3 is 2.22 bits per heavy atom. The Morgan fingerprint density at radius 2 is 1.63 bits per heavy atom. The molecule has 150 valence electrons. The first-order valence-corrected chi connectivity index (χ1v) is 11.4. The van der Waals surface area contributed by atoms with Crippen molar-refractivity contribution in [2.24, 2.45) is 11.8 Å². The average molecular weight is 394 g/mol. The number of nitrogens with one attached hydrogen (secondary N) is 1. The normalized spacial score (nSPS) is 24.7. The zero-order valence-electron chi connectivity index (χ0n) is 16.4. The summed E-state index contributed by atoms with van der Waals surface area (Å²) in [6, 6.07) is 7.26. The summed E-state index contributed by atoms with van der Waals surface area (Å²) in [5, 5.41) is 0. The van der Waals surface area contributed by atoms with Gasteiger partial charge in [-0.15, -0.1) is 0 Å². The second-order valence-corrected chi connectivity index (χ2v) is 9.89. The molecule has 2 fully saturated rings. The molecule has 3 rings (SSSR count). The lowest BCUT2D eigenvalue weighted by Crippen LogP contribution is -2.47. The molecule has 1 amide bonds. The third kappa shape index (κ3) is 5.30. The Kier molecular flexibility index (Phi) is 6.55. The van der Waals surface area contributed by atoms with Crippen molar-refractivity contribution in [1.82, 2.24) is 13.9 Å². The first kappa shape index (κ1) is 20.3. The predicted molar refractivity (Wildman–Crippen MR) is 106 cm³/mol. The summed E-state index contributed by atoms with van der Waals surface area (Å²) in [5.41, 5.74) is 1.52. The van der Waals surface area contributed by atoms with E-state index in [9.17, 15) is 13.2 Å². The molecule has 0 aliphatic carbocycles. The van der Waals surface area contributed by atoms with Crippen LogP contribution in [-0.4, -0.2) is 49.7 Å². The highest BCUT2D eigenvalue weighted by atomic mass is 32.2. The number of nitrogens with zero attached hydrogens (tertiary/aromatic N) is 2. The van der Waals surface area contributed by atoms with Gasteiger partial charge in [0.05, 0.1) is 0 Å². The van der Waals surface area contributed by atoms with Gasteiger partial charge in [0.25, 0.3) is 16.1 Å². The zero-order valence-corrected chi connectivity index (χ0v) is 17.2. The molecule has 2 aliphatic heterocycles. The van der Waals surface area contributed by atoms with Gasteiger partial charge in [0.15, 0.2) is 0 Å². The Morgan fingerprint density at radius 1 is 1.04 bits per heavy atom. The first-order valence-electron chi connectivity index (χ1n) is 9.98. The lowest BCUT2D eigenvalue weighted by molar-refractivity contribution is 0.0724. The largest absolute Gasteiger partial charge is 0.339 e. The molecule has 1 aromatic rings. The number of benzene rings is 1. The molecule has 0 radical (unpaired) electrons. The molecular weight excluding hydrogens is 362 g/mol. The van der Waals surface area contributed by atoms with E-state index in [1.807, 2.05) is 17.0 Å². The van der Waals surface area contributed by atoms with Crippen LogP contribution in [0.5, 0.6) is 0 Å². The Labute approximate surface area is 163 Å². The van der Waals surface area contributed by atoms with Gasteiger partial charge in [0.2, 0.25) is 0 Å². The summed E-state index contributed by atoms with van der Waals surface area (Å²) < 4.78 is 29.4. The Hall–Kier alpha value is -1.44. The minimum atomic E-state index is -3.48. The van der Waals surface area contributed by atoms with Crippen molar-refractivity contribution < 1.29 is 13.2 Å². The van der Waals surface area contributed by atoms with Crippen LogP contribution in [0.3, 0.4) is 0 Å². The minimum Gasteiger partial charge on any atom is -0.339 e. The molecule has 2 atom stereocenters. The lowest BCUT2D eigenvalue weighted by Gasteiger charge is -2.33. The van der Waals surface area contributed by atoms with E-state index in [0.717, 1.165) is 37.9 Å². The number of hydrogen-bond donors (Lipinski definition) is 1. The maximum Gasteiger partial charge on any atom is 0.279 e. The van der Waals surface area contributed by atoms with E-state index >= 15 is 0 Å². The van der Waals surface area contributed by atoms with Crippen LogP contribution < -0.4 is 4.72 Å². The number of hydrogen-bond acceptors (Lipinski definition) is 3. The van der Waals surface area contributed by atoms with Gasteiger partial charge in [0.1, 0.15) is 0 Å². The molecule has 0 bridgehead atoms. The van der Waals surface area contributed by atoms with Gasteiger partial charge in [-0.1, -0.05) is 26.0 Å². The van der Waals surface area contributed by atoms with Crippen LogP contribution in [0.4, 0.5) is 0 Å². The van der Waals surface area contributed by atoms with Crippen molar-refractivity contribution in [3.8, 4) is 0 Å². The maximum atomic E-state index is 12.6. The summed E-state index contributed by atoms with van der Waals surface area (Å²) in [5.74, 6) is 0.828. The number of piperidine rings is 2. The van der Waals surface area contributed by atoms with Crippen LogP contribution in [0.2, 0.25) is 0 Å². The number of carbonyl (C=O) groups is 1. The highest BCUT2D eigenvalue weighted by Crippen LogP contribution is 2.22. The zero-order chi connectivity index (χ0) is 19.4. The summed E-state index contributed by atoms with van der Waals surface area (Å²) >= 11 is 0. The fourth-order valence-corrected chi connectivity index (χ4v) is 5.55. The standard InChI is InChI=1S/C20H31N3O3S/c1-16-12-17(2)15-23(14-16)27(25,26)21-13-18-6-8-19(9-7-18)20(24)22-10-4-3-5-11-22/h6-9,16-17,21H,3-5,10-15H2,1-2H3/t16-,17-/m0/s1. The van der Waals surface area contributed by atoms with E-state index in [1.54, 1.807) is 16.4 Å². The van der Waals surface area contributed by atoms with E-state index in [0.29, 0.717) is 30.5 Å². The summed E-state index contributed by atoms with van der Waals surface area (Å²) in [6.45, 7) is 7.22. The van der Waals surface area contributed by atoms with Crippen molar-refractivity contribution >= 4 is 16.1 Å². The van der Waals surface area contributed by atoms with Crippen molar-refractivity contribution in [2.75, 3.05) is 26.2 Å². The second kappa shape index (κ2) is 8.71. The molecule has 7 heteroatoms. The molecule has 0 unspecified atom stereocenters. The minimum absolute atomic E-state index is 0.0677. The number of rotatable bonds is 5. The Bertz CT molecular complexity index is 732. The quantitative estimate of drug-likeness (QED) is 0.836. The number of carbonyl (C=O) groups excluding carboxylic acids is 1.